The second kappa shape index (κ2) is 6.84. The minimum atomic E-state index is -0.0321. The van der Waals surface area contributed by atoms with E-state index in [0.29, 0.717) is 18.2 Å². The van der Waals surface area contributed by atoms with E-state index in [0.717, 1.165) is 36.6 Å². The average Bonchev–Trinajstić information content (AvgIpc) is 3.06. The number of hydrogen-bond acceptors (Lipinski definition) is 4. The van der Waals surface area contributed by atoms with Crippen LogP contribution in [-0.4, -0.2) is 37.0 Å². The Hall–Kier alpha value is -1.40. The van der Waals surface area contributed by atoms with Crippen molar-refractivity contribution in [2.24, 2.45) is 0 Å². The first kappa shape index (κ1) is 16.1. The maximum absolute atomic E-state index is 13.1. The maximum Gasteiger partial charge on any atom is 0.264 e. The molecule has 3 heterocycles. The summed E-state index contributed by atoms with van der Waals surface area (Å²) in [5.74, 6) is 0.0980. The number of hydrogen-bond donors (Lipinski definition) is 1. The van der Waals surface area contributed by atoms with Gasteiger partial charge in [0.2, 0.25) is 0 Å². The first-order valence-electron chi connectivity index (χ1n) is 8.19. The van der Waals surface area contributed by atoms with Crippen molar-refractivity contribution in [3.8, 4) is 0 Å². The van der Waals surface area contributed by atoms with Gasteiger partial charge in [-0.3, -0.25) is 4.79 Å². The number of piperazine rings is 1. The standard InChI is InChI=1S/C18H19ClN2O2S/c19-14-4-2-1-3-13(14)15-10-20-6-7-21(15)18(22)17-9-12-11-23-8-5-16(12)24-17/h1-4,9,15,20H,5-8,10-11H2. The van der Waals surface area contributed by atoms with Crippen LogP contribution in [0.5, 0.6) is 0 Å². The van der Waals surface area contributed by atoms with Crippen molar-refractivity contribution in [2.45, 2.75) is 19.1 Å². The lowest BCUT2D eigenvalue weighted by Crippen LogP contribution is -2.48. The molecule has 0 saturated carbocycles. The molecular formula is C18H19ClN2O2S. The minimum Gasteiger partial charge on any atom is -0.376 e. The van der Waals surface area contributed by atoms with Gasteiger partial charge < -0.3 is 15.0 Å². The molecule has 1 amide bonds. The van der Waals surface area contributed by atoms with Gasteiger partial charge in [0.25, 0.3) is 5.91 Å². The lowest BCUT2D eigenvalue weighted by molar-refractivity contribution is 0.0639. The molecule has 2 aromatic rings. The summed E-state index contributed by atoms with van der Waals surface area (Å²) in [4.78, 5) is 17.2. The number of ether oxygens (including phenoxy) is 1. The molecule has 24 heavy (non-hydrogen) atoms. The van der Waals surface area contributed by atoms with Crippen molar-refractivity contribution in [3.05, 3.63) is 56.2 Å². The van der Waals surface area contributed by atoms with E-state index in [1.807, 2.05) is 35.2 Å². The number of nitrogens with zero attached hydrogens (tertiary/aromatic N) is 1. The molecule has 4 rings (SSSR count). The molecule has 4 nitrogen and oxygen atoms in total. The quantitative estimate of drug-likeness (QED) is 0.891. The monoisotopic (exact) mass is 362 g/mol. The lowest BCUT2D eigenvalue weighted by atomic mass is 10.0. The van der Waals surface area contributed by atoms with E-state index >= 15 is 0 Å². The fourth-order valence-corrected chi connectivity index (χ4v) is 4.73. The number of rotatable bonds is 2. The van der Waals surface area contributed by atoms with Gasteiger partial charge in [0.15, 0.2) is 0 Å². The van der Waals surface area contributed by atoms with Crippen LogP contribution < -0.4 is 5.32 Å². The number of thiophene rings is 1. The van der Waals surface area contributed by atoms with Crippen LogP contribution in [0.2, 0.25) is 5.02 Å². The number of nitrogens with one attached hydrogen (secondary N) is 1. The van der Waals surface area contributed by atoms with Crippen molar-refractivity contribution < 1.29 is 9.53 Å². The van der Waals surface area contributed by atoms with Gasteiger partial charge in [-0.05, 0) is 23.3 Å². The average molecular weight is 363 g/mol. The van der Waals surface area contributed by atoms with E-state index in [9.17, 15) is 4.79 Å². The number of carbonyl (C=O) groups is 1. The minimum absolute atomic E-state index is 0.0321. The number of benzene rings is 1. The van der Waals surface area contributed by atoms with Gasteiger partial charge in [-0.2, -0.15) is 0 Å². The summed E-state index contributed by atoms with van der Waals surface area (Å²) in [5.41, 5.74) is 2.17. The molecule has 1 N–H and O–H groups in total. The molecule has 2 aliphatic heterocycles. The van der Waals surface area contributed by atoms with Crippen LogP contribution in [0.3, 0.4) is 0 Å². The van der Waals surface area contributed by atoms with Gasteiger partial charge in [0, 0.05) is 36.0 Å². The van der Waals surface area contributed by atoms with Gasteiger partial charge in [0.05, 0.1) is 24.1 Å². The Balaban J connectivity index is 1.64. The van der Waals surface area contributed by atoms with E-state index in [1.54, 1.807) is 11.3 Å². The van der Waals surface area contributed by atoms with Crippen molar-refractivity contribution in [2.75, 3.05) is 26.2 Å². The Morgan fingerprint density at radius 1 is 1.38 bits per heavy atom. The largest absolute Gasteiger partial charge is 0.376 e. The number of halogens is 1. The van der Waals surface area contributed by atoms with E-state index in [2.05, 4.69) is 5.32 Å². The number of amides is 1. The molecule has 0 radical (unpaired) electrons. The fraction of sp³-hybridized carbons (Fsp3) is 0.389. The molecule has 1 aromatic carbocycles. The Kier molecular flexibility index (Phi) is 4.59. The molecular weight excluding hydrogens is 344 g/mol. The number of carbonyl (C=O) groups excluding carboxylic acids is 1. The molecule has 1 unspecified atom stereocenters. The summed E-state index contributed by atoms with van der Waals surface area (Å²) < 4.78 is 5.49. The predicted molar refractivity (Wildman–Crippen MR) is 95.8 cm³/mol. The fourth-order valence-electron chi connectivity index (χ4n) is 3.36. The summed E-state index contributed by atoms with van der Waals surface area (Å²) in [6, 6.07) is 9.76. The number of fused-ring (bicyclic) bond motifs is 1. The molecule has 6 heteroatoms. The van der Waals surface area contributed by atoms with E-state index in [4.69, 9.17) is 16.3 Å². The highest BCUT2D eigenvalue weighted by Gasteiger charge is 2.31. The van der Waals surface area contributed by atoms with Crippen molar-refractivity contribution in [1.82, 2.24) is 10.2 Å². The van der Waals surface area contributed by atoms with Gasteiger partial charge in [-0.25, -0.2) is 0 Å². The van der Waals surface area contributed by atoms with E-state index in [1.165, 1.54) is 10.4 Å². The molecule has 0 aliphatic carbocycles. The highest BCUT2D eigenvalue weighted by atomic mass is 35.5. The molecule has 2 aliphatic rings. The van der Waals surface area contributed by atoms with Crippen LogP contribution in [0.15, 0.2) is 30.3 Å². The molecule has 126 valence electrons. The summed E-state index contributed by atoms with van der Waals surface area (Å²) in [5, 5.41) is 4.09. The van der Waals surface area contributed by atoms with Crippen molar-refractivity contribution in [3.63, 3.8) is 0 Å². The second-order valence-corrected chi connectivity index (χ2v) is 7.65. The van der Waals surface area contributed by atoms with Crippen LogP contribution in [0.25, 0.3) is 0 Å². The van der Waals surface area contributed by atoms with Gasteiger partial charge in [-0.15, -0.1) is 11.3 Å². The van der Waals surface area contributed by atoms with Gasteiger partial charge in [0.1, 0.15) is 0 Å². The van der Waals surface area contributed by atoms with Crippen LogP contribution in [-0.2, 0) is 17.8 Å². The normalized spacial score (nSPS) is 20.7. The Morgan fingerprint density at radius 3 is 3.08 bits per heavy atom. The molecule has 0 spiro atoms. The molecule has 0 bridgehead atoms. The molecule has 1 fully saturated rings. The molecule has 1 saturated heterocycles. The SMILES string of the molecule is O=C(c1cc2c(s1)CCOC2)N1CCNCC1c1ccccc1Cl. The third-order valence-electron chi connectivity index (χ3n) is 4.61. The van der Waals surface area contributed by atoms with Crippen LogP contribution >= 0.6 is 22.9 Å². The second-order valence-electron chi connectivity index (χ2n) is 6.10. The zero-order valence-corrected chi connectivity index (χ0v) is 14.8. The first-order valence-corrected chi connectivity index (χ1v) is 9.39. The zero-order chi connectivity index (χ0) is 16.5. The lowest BCUT2D eigenvalue weighted by Gasteiger charge is -2.36. The first-order chi connectivity index (χ1) is 11.7. The van der Waals surface area contributed by atoms with Crippen LogP contribution in [0.1, 0.15) is 31.7 Å². The maximum atomic E-state index is 13.1. The van der Waals surface area contributed by atoms with Crippen LogP contribution in [0.4, 0.5) is 0 Å². The van der Waals surface area contributed by atoms with Crippen molar-refractivity contribution in [1.29, 1.82) is 0 Å². The Bertz CT molecular complexity index is 738. The smallest absolute Gasteiger partial charge is 0.264 e. The summed E-state index contributed by atoms with van der Waals surface area (Å²) in [7, 11) is 0. The zero-order valence-electron chi connectivity index (χ0n) is 13.3. The topological polar surface area (TPSA) is 41.6 Å². The van der Waals surface area contributed by atoms with E-state index < -0.39 is 0 Å². The van der Waals surface area contributed by atoms with Crippen molar-refractivity contribution >= 4 is 28.8 Å². The molecule has 1 aromatic heterocycles. The van der Waals surface area contributed by atoms with E-state index in [-0.39, 0.29) is 11.9 Å². The molecule has 1 atom stereocenters. The summed E-state index contributed by atoms with van der Waals surface area (Å²) in [6.07, 6.45) is 0.906. The predicted octanol–water partition coefficient (Wildman–Crippen LogP) is 3.26. The van der Waals surface area contributed by atoms with Crippen LogP contribution in [0, 0.1) is 0 Å². The third-order valence-corrected chi connectivity index (χ3v) is 6.18. The Morgan fingerprint density at radius 2 is 2.25 bits per heavy atom. The highest BCUT2D eigenvalue weighted by Crippen LogP contribution is 2.33. The Labute approximate surface area is 150 Å². The third kappa shape index (κ3) is 2.97. The highest BCUT2D eigenvalue weighted by molar-refractivity contribution is 7.14. The summed E-state index contributed by atoms with van der Waals surface area (Å²) in [6.45, 7) is 3.59. The van der Waals surface area contributed by atoms with Gasteiger partial charge >= 0.3 is 0 Å². The van der Waals surface area contributed by atoms with Gasteiger partial charge in [-0.1, -0.05) is 29.8 Å². The summed E-state index contributed by atoms with van der Waals surface area (Å²) >= 11 is 7.99.